The normalized spacial score (nSPS) is 24.4. The van der Waals surface area contributed by atoms with Crippen molar-refractivity contribution in [2.24, 2.45) is 5.73 Å². The molecule has 2 N–H and O–H groups in total. The van der Waals surface area contributed by atoms with Gasteiger partial charge in [-0.2, -0.15) is 0 Å². The molecule has 5 nitrogen and oxygen atoms in total. The Morgan fingerprint density at radius 2 is 2.06 bits per heavy atom. The molecule has 0 saturated heterocycles. The van der Waals surface area contributed by atoms with E-state index >= 15 is 0 Å². The van der Waals surface area contributed by atoms with Gasteiger partial charge < -0.3 is 15.2 Å². The van der Waals surface area contributed by atoms with Crippen molar-refractivity contribution in [2.75, 3.05) is 7.11 Å². The van der Waals surface area contributed by atoms with Gasteiger partial charge >= 0.3 is 0 Å². The lowest BCUT2D eigenvalue weighted by Crippen LogP contribution is -2.34. The average Bonchev–Trinajstić information content (AvgIpc) is 2.32. The van der Waals surface area contributed by atoms with E-state index in [0.29, 0.717) is 11.8 Å². The number of hydrogen-bond acceptors (Lipinski definition) is 5. The predicted octanol–water partition coefficient (Wildman–Crippen LogP) is 1.44. The molecule has 1 aliphatic carbocycles. The Bertz CT molecular complexity index is 384. The van der Waals surface area contributed by atoms with Crippen LogP contribution in [0.3, 0.4) is 0 Å². The molecule has 0 amide bonds. The third-order valence-electron chi connectivity index (χ3n) is 3.13. The first-order valence-corrected chi connectivity index (χ1v) is 5.98. The van der Waals surface area contributed by atoms with E-state index in [-0.39, 0.29) is 12.1 Å². The number of rotatable bonds is 3. The summed E-state index contributed by atoms with van der Waals surface area (Å²) in [6.45, 7) is 1.90. The largest absolute Gasteiger partial charge is 0.481 e. The summed E-state index contributed by atoms with van der Waals surface area (Å²) in [5.74, 6) is 1.17. The van der Waals surface area contributed by atoms with E-state index in [1.807, 2.05) is 6.92 Å². The number of hydrogen-bond donors (Lipinski definition) is 1. The number of nitrogens with zero attached hydrogens (tertiary/aromatic N) is 2. The molecular weight excluding hydrogens is 218 g/mol. The van der Waals surface area contributed by atoms with Gasteiger partial charge in [0.05, 0.1) is 12.7 Å². The number of aromatic nitrogens is 2. The van der Waals surface area contributed by atoms with Crippen LogP contribution in [0.5, 0.6) is 11.8 Å². The van der Waals surface area contributed by atoms with E-state index in [1.54, 1.807) is 7.11 Å². The van der Waals surface area contributed by atoms with Gasteiger partial charge in [-0.25, -0.2) is 9.97 Å². The minimum atomic E-state index is 0.164. The third-order valence-corrected chi connectivity index (χ3v) is 3.13. The highest BCUT2D eigenvalue weighted by Gasteiger charge is 2.22. The van der Waals surface area contributed by atoms with Crippen molar-refractivity contribution in [3.63, 3.8) is 0 Å². The fourth-order valence-electron chi connectivity index (χ4n) is 2.19. The molecule has 1 aromatic heterocycles. The fourth-order valence-corrected chi connectivity index (χ4v) is 2.19. The van der Waals surface area contributed by atoms with Crippen LogP contribution in [0.2, 0.25) is 0 Å². The topological polar surface area (TPSA) is 70.3 Å². The van der Waals surface area contributed by atoms with Crippen molar-refractivity contribution in [3.05, 3.63) is 11.9 Å². The SMILES string of the molecule is COc1ncnc(OC2CCCC(N)C2)c1C. The first-order chi connectivity index (χ1) is 8.20. The molecule has 1 fully saturated rings. The van der Waals surface area contributed by atoms with Crippen LogP contribution in [0.25, 0.3) is 0 Å². The minimum absolute atomic E-state index is 0.164. The lowest BCUT2D eigenvalue weighted by molar-refractivity contribution is 0.136. The van der Waals surface area contributed by atoms with E-state index in [1.165, 1.54) is 6.33 Å². The van der Waals surface area contributed by atoms with Crippen molar-refractivity contribution in [1.29, 1.82) is 0 Å². The molecule has 0 bridgehead atoms. The van der Waals surface area contributed by atoms with Gasteiger partial charge in [-0.15, -0.1) is 0 Å². The molecule has 0 spiro atoms. The van der Waals surface area contributed by atoms with Crippen LogP contribution in [0.4, 0.5) is 0 Å². The second-order valence-electron chi connectivity index (χ2n) is 4.48. The molecule has 94 valence electrons. The molecule has 2 rings (SSSR count). The monoisotopic (exact) mass is 237 g/mol. The number of nitrogens with two attached hydrogens (primary N) is 1. The molecule has 1 saturated carbocycles. The van der Waals surface area contributed by atoms with Gasteiger partial charge in [-0.1, -0.05) is 0 Å². The van der Waals surface area contributed by atoms with Crippen molar-refractivity contribution in [1.82, 2.24) is 9.97 Å². The van der Waals surface area contributed by atoms with Gasteiger partial charge in [0, 0.05) is 6.04 Å². The highest BCUT2D eigenvalue weighted by Crippen LogP contribution is 2.26. The zero-order valence-corrected chi connectivity index (χ0v) is 10.3. The Balaban J connectivity index is 2.07. The molecule has 1 heterocycles. The standard InChI is InChI=1S/C12H19N3O2/c1-8-11(16-2)14-7-15-12(8)17-10-5-3-4-9(13)6-10/h7,9-10H,3-6,13H2,1-2H3. The van der Waals surface area contributed by atoms with Crippen LogP contribution >= 0.6 is 0 Å². The maximum atomic E-state index is 5.94. The molecule has 2 unspecified atom stereocenters. The zero-order valence-electron chi connectivity index (χ0n) is 10.3. The molecule has 17 heavy (non-hydrogen) atoms. The Morgan fingerprint density at radius 3 is 2.76 bits per heavy atom. The van der Waals surface area contributed by atoms with Crippen LogP contribution < -0.4 is 15.2 Å². The maximum Gasteiger partial charge on any atom is 0.223 e. The summed E-state index contributed by atoms with van der Waals surface area (Å²) in [4.78, 5) is 8.18. The van der Waals surface area contributed by atoms with E-state index in [4.69, 9.17) is 15.2 Å². The predicted molar refractivity (Wildman–Crippen MR) is 64.2 cm³/mol. The van der Waals surface area contributed by atoms with Crippen molar-refractivity contribution in [3.8, 4) is 11.8 Å². The van der Waals surface area contributed by atoms with Crippen LogP contribution in [0.1, 0.15) is 31.2 Å². The average molecular weight is 237 g/mol. The number of methoxy groups -OCH3 is 1. The summed E-state index contributed by atoms with van der Waals surface area (Å²) >= 11 is 0. The molecule has 0 aliphatic heterocycles. The van der Waals surface area contributed by atoms with Crippen molar-refractivity contribution >= 4 is 0 Å². The lowest BCUT2D eigenvalue weighted by atomic mass is 9.93. The van der Waals surface area contributed by atoms with Crippen molar-refractivity contribution in [2.45, 2.75) is 44.8 Å². The molecule has 1 aromatic rings. The molecular formula is C12H19N3O2. The summed E-state index contributed by atoms with van der Waals surface area (Å²) in [6.07, 6.45) is 5.77. The molecule has 5 heteroatoms. The van der Waals surface area contributed by atoms with E-state index in [9.17, 15) is 0 Å². The van der Waals surface area contributed by atoms with E-state index in [0.717, 1.165) is 31.2 Å². The van der Waals surface area contributed by atoms with Gasteiger partial charge in [-0.05, 0) is 32.6 Å². The van der Waals surface area contributed by atoms with E-state index < -0.39 is 0 Å². The highest BCUT2D eigenvalue weighted by atomic mass is 16.5. The van der Waals surface area contributed by atoms with Crippen molar-refractivity contribution < 1.29 is 9.47 Å². The van der Waals surface area contributed by atoms with Crippen LogP contribution in [0, 0.1) is 6.92 Å². The maximum absolute atomic E-state index is 5.94. The highest BCUT2D eigenvalue weighted by molar-refractivity contribution is 5.32. The summed E-state index contributed by atoms with van der Waals surface area (Å²) in [7, 11) is 1.59. The van der Waals surface area contributed by atoms with Gasteiger partial charge in [0.1, 0.15) is 12.4 Å². The Morgan fingerprint density at radius 1 is 1.29 bits per heavy atom. The van der Waals surface area contributed by atoms with Crippen LogP contribution in [-0.4, -0.2) is 29.2 Å². The second-order valence-corrected chi connectivity index (χ2v) is 4.48. The van der Waals surface area contributed by atoms with Gasteiger partial charge in [0.15, 0.2) is 0 Å². The Hall–Kier alpha value is -1.36. The van der Waals surface area contributed by atoms with Gasteiger partial charge in [-0.3, -0.25) is 0 Å². The first-order valence-electron chi connectivity index (χ1n) is 5.98. The van der Waals surface area contributed by atoms with Crippen LogP contribution in [0.15, 0.2) is 6.33 Å². The summed E-state index contributed by atoms with van der Waals surface area (Å²) in [5, 5.41) is 0. The first kappa shape index (κ1) is 12.1. The smallest absolute Gasteiger partial charge is 0.223 e. The second kappa shape index (κ2) is 5.31. The molecule has 0 radical (unpaired) electrons. The minimum Gasteiger partial charge on any atom is -0.481 e. The third kappa shape index (κ3) is 2.85. The van der Waals surface area contributed by atoms with Gasteiger partial charge in [0.2, 0.25) is 11.8 Å². The fraction of sp³-hybridized carbons (Fsp3) is 0.667. The zero-order chi connectivity index (χ0) is 12.3. The molecule has 0 aromatic carbocycles. The quantitative estimate of drug-likeness (QED) is 0.861. The summed E-state index contributed by atoms with van der Waals surface area (Å²) in [5.41, 5.74) is 6.78. The number of ether oxygens (including phenoxy) is 2. The Labute approximate surface area is 101 Å². The lowest BCUT2D eigenvalue weighted by Gasteiger charge is -2.27. The molecule has 1 aliphatic rings. The van der Waals surface area contributed by atoms with Gasteiger partial charge in [0.25, 0.3) is 0 Å². The van der Waals surface area contributed by atoms with Crippen LogP contribution in [-0.2, 0) is 0 Å². The Kier molecular flexibility index (Phi) is 3.78. The molecule has 2 atom stereocenters. The summed E-state index contributed by atoms with van der Waals surface area (Å²) in [6, 6.07) is 0.248. The van der Waals surface area contributed by atoms with E-state index in [2.05, 4.69) is 9.97 Å². The summed E-state index contributed by atoms with van der Waals surface area (Å²) < 4.78 is 11.0.